The van der Waals surface area contributed by atoms with Gasteiger partial charge in [0.15, 0.2) is 5.69 Å². The first-order valence-electron chi connectivity index (χ1n) is 13.0. The molecule has 41 heavy (non-hydrogen) atoms. The summed E-state index contributed by atoms with van der Waals surface area (Å²) in [5.74, 6) is 0.264. The van der Waals surface area contributed by atoms with Gasteiger partial charge < -0.3 is 19.1 Å². The molecule has 0 unspecified atom stereocenters. The van der Waals surface area contributed by atoms with Crippen LogP contribution in [-0.2, 0) is 13.2 Å². The van der Waals surface area contributed by atoms with Gasteiger partial charge in [0.25, 0.3) is 11.5 Å². The summed E-state index contributed by atoms with van der Waals surface area (Å²) in [5, 5.41) is 5.81. The van der Waals surface area contributed by atoms with Crippen LogP contribution in [-0.4, -0.2) is 58.4 Å². The van der Waals surface area contributed by atoms with Crippen molar-refractivity contribution in [1.82, 2.24) is 19.2 Å². The van der Waals surface area contributed by atoms with Gasteiger partial charge >= 0.3 is 6.18 Å². The Bertz CT molecular complexity index is 1840. The summed E-state index contributed by atoms with van der Waals surface area (Å²) in [6.07, 6.45) is -4.43. The van der Waals surface area contributed by atoms with Crippen LogP contribution in [0.25, 0.3) is 27.5 Å². The molecule has 0 spiro atoms. The molecule has 2 aromatic heterocycles. The maximum Gasteiger partial charge on any atom is 0.416 e. The molecule has 0 saturated carbocycles. The number of fused-ring (bicyclic) bond motifs is 3. The van der Waals surface area contributed by atoms with Crippen molar-refractivity contribution < 1.29 is 22.7 Å². The van der Waals surface area contributed by atoms with Gasteiger partial charge in [-0.15, -0.1) is 0 Å². The van der Waals surface area contributed by atoms with Crippen LogP contribution >= 0.6 is 0 Å². The largest absolute Gasteiger partial charge is 0.497 e. The van der Waals surface area contributed by atoms with Crippen LogP contribution in [0.5, 0.6) is 5.75 Å². The maximum atomic E-state index is 14.0. The summed E-state index contributed by atoms with van der Waals surface area (Å²) < 4.78 is 48.0. The Morgan fingerprint density at radius 3 is 2.29 bits per heavy atom. The summed E-state index contributed by atoms with van der Waals surface area (Å²) in [4.78, 5) is 31.3. The van der Waals surface area contributed by atoms with Crippen molar-refractivity contribution in [2.75, 3.05) is 38.2 Å². The molecule has 1 amide bonds. The molecule has 0 atom stereocenters. The van der Waals surface area contributed by atoms with E-state index >= 15 is 0 Å². The number of hydrogen-bond donors (Lipinski definition) is 0. The molecule has 210 valence electrons. The highest BCUT2D eigenvalue weighted by Gasteiger charge is 2.32. The van der Waals surface area contributed by atoms with Gasteiger partial charge in [-0.2, -0.15) is 23.0 Å². The molecule has 6 rings (SSSR count). The summed E-state index contributed by atoms with van der Waals surface area (Å²) in [7, 11) is 3.33. The number of nitrogens with zero attached hydrogens (tertiary/aromatic N) is 5. The summed E-state index contributed by atoms with van der Waals surface area (Å²) >= 11 is 0. The third-order valence-corrected chi connectivity index (χ3v) is 7.56. The summed E-state index contributed by atoms with van der Waals surface area (Å²) in [5.41, 5.74) is 1.13. The second-order valence-corrected chi connectivity index (χ2v) is 9.89. The van der Waals surface area contributed by atoms with Crippen LogP contribution in [0.1, 0.15) is 16.1 Å². The first-order chi connectivity index (χ1) is 19.7. The zero-order valence-electron chi connectivity index (χ0n) is 22.4. The Morgan fingerprint density at radius 2 is 1.61 bits per heavy atom. The lowest BCUT2D eigenvalue weighted by molar-refractivity contribution is -0.137. The number of halogens is 3. The topological polar surface area (TPSA) is 72.6 Å². The molecule has 11 heteroatoms. The number of para-hydroxylation sites is 1. The standard InChI is InChI=1S/C30H26F3N5O3/c1-35-24-9-4-3-8-23(24)25-26(34-38(29(40)27(25)35)20-10-12-22(41-2)13-11-20)28(39)37-16-14-36(15-17-37)21-7-5-6-19(18-21)30(31,32)33/h3-13,18H,14-17H2,1-2H3. The van der Waals surface area contributed by atoms with E-state index < -0.39 is 11.7 Å². The van der Waals surface area contributed by atoms with Gasteiger partial charge in [-0.3, -0.25) is 9.59 Å². The number of amides is 1. The number of aromatic nitrogens is 3. The van der Waals surface area contributed by atoms with Crippen molar-refractivity contribution in [1.29, 1.82) is 0 Å². The van der Waals surface area contributed by atoms with E-state index in [1.165, 1.54) is 10.7 Å². The smallest absolute Gasteiger partial charge is 0.416 e. The van der Waals surface area contributed by atoms with E-state index in [2.05, 4.69) is 5.10 Å². The minimum Gasteiger partial charge on any atom is -0.497 e. The Morgan fingerprint density at radius 1 is 0.902 bits per heavy atom. The lowest BCUT2D eigenvalue weighted by Crippen LogP contribution is -2.49. The third kappa shape index (κ3) is 4.56. The average Bonchev–Trinajstić information content (AvgIpc) is 3.30. The average molecular weight is 562 g/mol. The maximum absolute atomic E-state index is 14.0. The van der Waals surface area contributed by atoms with Crippen LogP contribution in [0.3, 0.4) is 0 Å². The van der Waals surface area contributed by atoms with Crippen molar-refractivity contribution in [3.05, 3.63) is 94.4 Å². The van der Waals surface area contributed by atoms with Crippen molar-refractivity contribution in [3.8, 4) is 11.4 Å². The van der Waals surface area contributed by atoms with Crippen molar-refractivity contribution >= 4 is 33.4 Å². The number of ether oxygens (including phenoxy) is 1. The van der Waals surface area contributed by atoms with Gasteiger partial charge in [-0.05, 0) is 48.5 Å². The molecule has 0 bridgehead atoms. The molecule has 3 heterocycles. The molecule has 0 N–H and O–H groups in total. The summed E-state index contributed by atoms with van der Waals surface area (Å²) in [6.45, 7) is 1.27. The van der Waals surface area contributed by atoms with E-state index in [0.29, 0.717) is 41.1 Å². The molecule has 0 aliphatic carbocycles. The first-order valence-corrected chi connectivity index (χ1v) is 13.0. The lowest BCUT2D eigenvalue weighted by atomic mass is 10.1. The Kier molecular flexibility index (Phi) is 6.44. The van der Waals surface area contributed by atoms with E-state index in [9.17, 15) is 22.8 Å². The zero-order valence-corrected chi connectivity index (χ0v) is 22.4. The number of piperazine rings is 1. The third-order valence-electron chi connectivity index (χ3n) is 7.56. The van der Waals surface area contributed by atoms with E-state index in [0.717, 1.165) is 23.0 Å². The SMILES string of the molecule is COc1ccc(-n2nc(C(=O)N3CCN(c4cccc(C(F)(F)F)c4)CC3)c3c4ccccc4n(C)c3c2=O)cc1. The number of hydrogen-bond acceptors (Lipinski definition) is 5. The van der Waals surface area contributed by atoms with Gasteiger partial charge in [0, 0.05) is 55.2 Å². The predicted molar refractivity (Wildman–Crippen MR) is 150 cm³/mol. The van der Waals surface area contributed by atoms with Crippen LogP contribution in [0.4, 0.5) is 18.9 Å². The zero-order chi connectivity index (χ0) is 28.9. The van der Waals surface area contributed by atoms with E-state index in [1.807, 2.05) is 29.2 Å². The highest BCUT2D eigenvalue weighted by atomic mass is 19.4. The Labute approximate surface area is 232 Å². The molecule has 1 aliphatic rings. The highest BCUT2D eigenvalue weighted by Crippen LogP contribution is 2.33. The second-order valence-electron chi connectivity index (χ2n) is 9.89. The number of aryl methyl sites for hydroxylation is 1. The molecule has 5 aromatic rings. The second kappa shape index (κ2) is 9.99. The van der Waals surface area contributed by atoms with Gasteiger partial charge in [0.2, 0.25) is 0 Å². The molecular weight excluding hydrogens is 535 g/mol. The van der Waals surface area contributed by atoms with Crippen LogP contribution in [0.15, 0.2) is 77.6 Å². The van der Waals surface area contributed by atoms with Gasteiger partial charge in [0.05, 0.1) is 18.4 Å². The quantitative estimate of drug-likeness (QED) is 0.313. The number of carbonyl (C=O) groups is 1. The van der Waals surface area contributed by atoms with E-state index in [-0.39, 0.29) is 30.2 Å². The van der Waals surface area contributed by atoms with Crippen molar-refractivity contribution in [3.63, 3.8) is 0 Å². The monoisotopic (exact) mass is 561 g/mol. The van der Waals surface area contributed by atoms with Crippen LogP contribution < -0.4 is 15.2 Å². The van der Waals surface area contributed by atoms with E-state index in [1.54, 1.807) is 54.0 Å². The normalized spacial score (nSPS) is 14.2. The molecule has 1 saturated heterocycles. The molecule has 1 aliphatic heterocycles. The minimum absolute atomic E-state index is 0.139. The Hall–Kier alpha value is -4.80. The number of anilines is 1. The van der Waals surface area contributed by atoms with Crippen LogP contribution in [0.2, 0.25) is 0 Å². The molecule has 1 fully saturated rings. The van der Waals surface area contributed by atoms with E-state index in [4.69, 9.17) is 4.74 Å². The molecule has 3 aromatic carbocycles. The fraction of sp³-hybridized carbons (Fsp3) is 0.233. The minimum atomic E-state index is -4.43. The molecular formula is C30H26F3N5O3. The highest BCUT2D eigenvalue weighted by molar-refractivity contribution is 6.16. The first kappa shape index (κ1) is 26.4. The van der Waals surface area contributed by atoms with Gasteiger partial charge in [-0.25, -0.2) is 0 Å². The fourth-order valence-electron chi connectivity index (χ4n) is 5.42. The van der Waals surface area contributed by atoms with Gasteiger partial charge in [0.1, 0.15) is 11.3 Å². The van der Waals surface area contributed by atoms with Crippen molar-refractivity contribution in [2.45, 2.75) is 6.18 Å². The van der Waals surface area contributed by atoms with Crippen molar-refractivity contribution in [2.24, 2.45) is 7.05 Å². The fourth-order valence-corrected chi connectivity index (χ4v) is 5.42. The number of methoxy groups -OCH3 is 1. The number of rotatable bonds is 4. The summed E-state index contributed by atoms with van der Waals surface area (Å²) in [6, 6.07) is 19.5. The number of carbonyl (C=O) groups excluding carboxylic acids is 1. The lowest BCUT2D eigenvalue weighted by Gasteiger charge is -2.36. The van der Waals surface area contributed by atoms with Crippen LogP contribution in [0, 0.1) is 0 Å². The Balaban J connectivity index is 1.39. The molecule has 8 nitrogen and oxygen atoms in total. The number of alkyl halides is 3. The van der Waals surface area contributed by atoms with Gasteiger partial charge in [-0.1, -0.05) is 24.3 Å². The number of benzene rings is 3. The predicted octanol–water partition coefficient (Wildman–Crippen LogP) is 4.87. The molecule has 0 radical (unpaired) electrons.